The molecule has 0 saturated heterocycles. The molecule has 0 spiro atoms. The molecule has 0 aromatic heterocycles. The zero-order valence-corrected chi connectivity index (χ0v) is 8.71. The van der Waals surface area contributed by atoms with Crippen LogP contribution in [0.1, 0.15) is 13.8 Å². The van der Waals surface area contributed by atoms with Gasteiger partial charge in [-0.3, -0.25) is 0 Å². The largest absolute Gasteiger partial charge is 0.573 e. The van der Waals surface area contributed by atoms with Crippen molar-refractivity contribution >= 4 is 0 Å². The highest BCUT2D eigenvalue weighted by Gasteiger charge is 2.31. The number of aromatic hydroxyl groups is 1. The first-order valence-electron chi connectivity index (χ1n) is 4.53. The lowest BCUT2D eigenvalue weighted by Crippen LogP contribution is -2.17. The van der Waals surface area contributed by atoms with E-state index < -0.39 is 12.1 Å². The van der Waals surface area contributed by atoms with Crippen molar-refractivity contribution in [3.05, 3.63) is 18.2 Å². The summed E-state index contributed by atoms with van der Waals surface area (Å²) in [5.41, 5.74) is 0. The lowest BCUT2D eigenvalue weighted by atomic mass is 10.3. The lowest BCUT2D eigenvalue weighted by Gasteiger charge is -2.13. The van der Waals surface area contributed by atoms with Crippen LogP contribution in [0.4, 0.5) is 13.2 Å². The zero-order chi connectivity index (χ0) is 12.3. The highest BCUT2D eigenvalue weighted by molar-refractivity contribution is 5.41. The molecule has 0 unspecified atom stereocenters. The molecule has 6 heteroatoms. The van der Waals surface area contributed by atoms with E-state index >= 15 is 0 Å². The van der Waals surface area contributed by atoms with Gasteiger partial charge < -0.3 is 14.6 Å². The molecule has 0 saturated carbocycles. The molecule has 0 fully saturated rings. The van der Waals surface area contributed by atoms with Crippen LogP contribution in [-0.2, 0) is 0 Å². The quantitative estimate of drug-likeness (QED) is 0.876. The number of halogens is 3. The maximum atomic E-state index is 11.9. The maximum Gasteiger partial charge on any atom is 0.573 e. The molecular weight excluding hydrogens is 225 g/mol. The molecule has 0 aliphatic carbocycles. The van der Waals surface area contributed by atoms with Crippen molar-refractivity contribution in [2.45, 2.75) is 26.3 Å². The Kier molecular flexibility index (Phi) is 3.51. The normalized spacial score (nSPS) is 11.6. The Balaban J connectivity index is 2.90. The highest BCUT2D eigenvalue weighted by Crippen LogP contribution is 2.31. The second-order valence-electron chi connectivity index (χ2n) is 3.38. The smallest absolute Gasteiger partial charge is 0.508 e. The minimum Gasteiger partial charge on any atom is -0.508 e. The second kappa shape index (κ2) is 4.51. The van der Waals surface area contributed by atoms with Crippen LogP contribution in [0.15, 0.2) is 18.2 Å². The van der Waals surface area contributed by atoms with Gasteiger partial charge in [-0.2, -0.15) is 0 Å². The number of phenolic OH excluding ortho intramolecular Hbond substituents is 1. The topological polar surface area (TPSA) is 38.7 Å². The first-order valence-corrected chi connectivity index (χ1v) is 4.53. The Bertz CT molecular complexity index is 361. The van der Waals surface area contributed by atoms with Gasteiger partial charge >= 0.3 is 6.36 Å². The Morgan fingerprint density at radius 1 is 1.12 bits per heavy atom. The van der Waals surface area contributed by atoms with Gasteiger partial charge in [0.05, 0.1) is 6.10 Å². The molecule has 0 aliphatic rings. The summed E-state index contributed by atoms with van der Waals surface area (Å²) in [7, 11) is 0. The van der Waals surface area contributed by atoms with Gasteiger partial charge in [0, 0.05) is 18.2 Å². The Hall–Kier alpha value is -1.59. The van der Waals surface area contributed by atoms with Gasteiger partial charge in [-0.05, 0) is 13.8 Å². The third-order valence-corrected chi connectivity index (χ3v) is 1.47. The standard InChI is InChI=1S/C10H11F3O3/c1-6(2)15-8-3-7(14)4-9(5-8)16-10(11,12)13/h3-6,14H,1-2H3. The van der Waals surface area contributed by atoms with Crippen molar-refractivity contribution in [1.29, 1.82) is 0 Å². The predicted molar refractivity (Wildman–Crippen MR) is 50.6 cm³/mol. The zero-order valence-electron chi connectivity index (χ0n) is 8.71. The van der Waals surface area contributed by atoms with Gasteiger partial charge in [0.2, 0.25) is 0 Å². The second-order valence-corrected chi connectivity index (χ2v) is 3.38. The van der Waals surface area contributed by atoms with E-state index in [1.807, 2.05) is 0 Å². The molecule has 1 rings (SSSR count). The molecule has 1 aromatic rings. The van der Waals surface area contributed by atoms with Crippen LogP contribution in [0, 0.1) is 0 Å². The molecule has 1 aromatic carbocycles. The minimum absolute atomic E-state index is 0.120. The molecule has 0 bridgehead atoms. The summed E-state index contributed by atoms with van der Waals surface area (Å²) in [5.74, 6) is -0.741. The summed E-state index contributed by atoms with van der Waals surface area (Å²) in [5, 5.41) is 9.18. The molecule has 0 aliphatic heterocycles. The van der Waals surface area contributed by atoms with Gasteiger partial charge in [-0.15, -0.1) is 13.2 Å². The fourth-order valence-corrected chi connectivity index (χ4v) is 1.09. The minimum atomic E-state index is -4.79. The monoisotopic (exact) mass is 236 g/mol. The number of phenols is 1. The van der Waals surface area contributed by atoms with Gasteiger partial charge in [-0.1, -0.05) is 0 Å². The molecule has 0 heterocycles. The molecule has 3 nitrogen and oxygen atoms in total. The molecule has 90 valence electrons. The predicted octanol–water partition coefficient (Wildman–Crippen LogP) is 3.08. The van der Waals surface area contributed by atoms with Crippen LogP contribution in [0.2, 0.25) is 0 Å². The van der Waals surface area contributed by atoms with E-state index in [2.05, 4.69) is 4.74 Å². The average Bonchev–Trinajstić information content (AvgIpc) is 1.96. The van der Waals surface area contributed by atoms with Crippen LogP contribution in [0.3, 0.4) is 0 Å². The number of alkyl halides is 3. The van der Waals surface area contributed by atoms with E-state index in [-0.39, 0.29) is 17.6 Å². The van der Waals surface area contributed by atoms with Crippen LogP contribution in [0.25, 0.3) is 0 Å². The van der Waals surface area contributed by atoms with Crippen LogP contribution < -0.4 is 9.47 Å². The molecule has 16 heavy (non-hydrogen) atoms. The highest BCUT2D eigenvalue weighted by atomic mass is 19.4. The third-order valence-electron chi connectivity index (χ3n) is 1.47. The van der Waals surface area contributed by atoms with Crippen molar-refractivity contribution in [1.82, 2.24) is 0 Å². The van der Waals surface area contributed by atoms with Crippen molar-refractivity contribution in [3.8, 4) is 17.2 Å². The number of benzene rings is 1. The summed E-state index contributed by atoms with van der Waals surface area (Å²) in [4.78, 5) is 0. The summed E-state index contributed by atoms with van der Waals surface area (Å²) in [6.45, 7) is 3.43. The maximum absolute atomic E-state index is 11.9. The fourth-order valence-electron chi connectivity index (χ4n) is 1.09. The first kappa shape index (κ1) is 12.5. The van der Waals surface area contributed by atoms with Gasteiger partial charge in [-0.25, -0.2) is 0 Å². The Morgan fingerprint density at radius 3 is 2.19 bits per heavy atom. The van der Waals surface area contributed by atoms with Crippen LogP contribution >= 0.6 is 0 Å². The van der Waals surface area contributed by atoms with E-state index in [4.69, 9.17) is 4.74 Å². The van der Waals surface area contributed by atoms with Crippen molar-refractivity contribution in [3.63, 3.8) is 0 Å². The lowest BCUT2D eigenvalue weighted by molar-refractivity contribution is -0.274. The van der Waals surface area contributed by atoms with Gasteiger partial charge in [0.1, 0.15) is 17.2 Å². The number of hydrogen-bond acceptors (Lipinski definition) is 3. The summed E-state index contributed by atoms with van der Waals surface area (Å²) in [6.07, 6.45) is -5.00. The number of ether oxygens (including phenoxy) is 2. The van der Waals surface area contributed by atoms with Gasteiger partial charge in [0.15, 0.2) is 0 Å². The summed E-state index contributed by atoms with van der Waals surface area (Å²) >= 11 is 0. The van der Waals surface area contributed by atoms with Crippen molar-refractivity contribution < 1.29 is 27.8 Å². The van der Waals surface area contributed by atoms with Crippen molar-refractivity contribution in [2.24, 2.45) is 0 Å². The van der Waals surface area contributed by atoms with E-state index in [1.54, 1.807) is 13.8 Å². The molecule has 0 amide bonds. The van der Waals surface area contributed by atoms with Crippen LogP contribution in [0.5, 0.6) is 17.2 Å². The van der Waals surface area contributed by atoms with Crippen molar-refractivity contribution in [2.75, 3.05) is 0 Å². The Morgan fingerprint density at radius 2 is 1.69 bits per heavy atom. The third kappa shape index (κ3) is 4.29. The van der Waals surface area contributed by atoms with E-state index in [0.717, 1.165) is 12.1 Å². The van der Waals surface area contributed by atoms with Crippen LogP contribution in [-0.4, -0.2) is 17.6 Å². The molecule has 0 radical (unpaired) electrons. The Labute approximate surface area is 90.4 Å². The number of hydrogen-bond donors (Lipinski definition) is 1. The van der Waals surface area contributed by atoms with E-state index in [1.165, 1.54) is 6.07 Å². The van der Waals surface area contributed by atoms with Gasteiger partial charge in [0.25, 0.3) is 0 Å². The first-order chi connectivity index (χ1) is 7.26. The van der Waals surface area contributed by atoms with E-state index in [9.17, 15) is 18.3 Å². The molecular formula is C10H11F3O3. The SMILES string of the molecule is CC(C)Oc1cc(O)cc(OC(F)(F)F)c1. The number of rotatable bonds is 3. The summed E-state index contributed by atoms with van der Waals surface area (Å²) < 4.78 is 44.6. The fraction of sp³-hybridized carbons (Fsp3) is 0.400. The average molecular weight is 236 g/mol. The molecule has 0 atom stereocenters. The molecule has 1 N–H and O–H groups in total. The van der Waals surface area contributed by atoms with E-state index in [0.29, 0.717) is 0 Å². The summed E-state index contributed by atoms with van der Waals surface area (Å²) in [6, 6.07) is 3.14.